The van der Waals surface area contributed by atoms with Crippen molar-refractivity contribution in [1.82, 2.24) is 10.2 Å². The second-order valence-electron chi connectivity index (χ2n) is 6.61. The van der Waals surface area contributed by atoms with Crippen LogP contribution >= 0.6 is 0 Å². The van der Waals surface area contributed by atoms with Crippen LogP contribution in [0.25, 0.3) is 0 Å². The molecule has 0 unspecified atom stereocenters. The summed E-state index contributed by atoms with van der Waals surface area (Å²) in [4.78, 5) is 2.42. The third kappa shape index (κ3) is 4.95. The molecule has 3 nitrogen and oxygen atoms in total. The molecule has 0 atom stereocenters. The van der Waals surface area contributed by atoms with Crippen molar-refractivity contribution >= 4 is 0 Å². The highest BCUT2D eigenvalue weighted by Crippen LogP contribution is 2.24. The lowest BCUT2D eigenvalue weighted by Crippen LogP contribution is -2.27. The molecule has 3 heteroatoms. The minimum Gasteiger partial charge on any atom is -0.468 e. The first-order valence-electron chi connectivity index (χ1n) is 8.12. The van der Waals surface area contributed by atoms with E-state index in [9.17, 15) is 0 Å². The molecular formula is C17H30N2O. The lowest BCUT2D eigenvalue weighted by molar-refractivity contribution is 0.215. The second kappa shape index (κ2) is 7.84. The lowest BCUT2D eigenvalue weighted by atomic mass is 9.89. The highest BCUT2D eigenvalue weighted by Gasteiger charge is 2.17. The van der Waals surface area contributed by atoms with Crippen LogP contribution in [-0.4, -0.2) is 24.5 Å². The predicted octanol–water partition coefficient (Wildman–Crippen LogP) is 3.79. The van der Waals surface area contributed by atoms with Gasteiger partial charge in [0.1, 0.15) is 5.76 Å². The first-order chi connectivity index (χ1) is 9.65. The van der Waals surface area contributed by atoms with Crippen LogP contribution < -0.4 is 5.32 Å². The Morgan fingerprint density at radius 1 is 1.30 bits per heavy atom. The van der Waals surface area contributed by atoms with Crippen molar-refractivity contribution in [3.05, 3.63) is 23.7 Å². The SMILES string of the molecule is CC(C)NCc1ccoc1CN(C)CC1CCCCC1. The van der Waals surface area contributed by atoms with Gasteiger partial charge in [-0.3, -0.25) is 4.90 Å². The molecule has 1 saturated carbocycles. The Morgan fingerprint density at radius 2 is 2.05 bits per heavy atom. The van der Waals surface area contributed by atoms with Crippen LogP contribution in [0.5, 0.6) is 0 Å². The summed E-state index contributed by atoms with van der Waals surface area (Å²) < 4.78 is 5.68. The molecule has 0 saturated heterocycles. The van der Waals surface area contributed by atoms with E-state index in [1.807, 2.05) is 6.26 Å². The summed E-state index contributed by atoms with van der Waals surface area (Å²) in [6.07, 6.45) is 8.91. The summed E-state index contributed by atoms with van der Waals surface area (Å²) in [5, 5.41) is 3.46. The third-order valence-corrected chi connectivity index (χ3v) is 4.25. The van der Waals surface area contributed by atoms with Crippen LogP contribution in [0.2, 0.25) is 0 Å². The van der Waals surface area contributed by atoms with Gasteiger partial charge in [-0.05, 0) is 31.9 Å². The van der Waals surface area contributed by atoms with Crippen molar-refractivity contribution in [1.29, 1.82) is 0 Å². The van der Waals surface area contributed by atoms with E-state index in [1.54, 1.807) is 0 Å². The third-order valence-electron chi connectivity index (χ3n) is 4.25. The number of rotatable bonds is 7. The van der Waals surface area contributed by atoms with E-state index in [0.717, 1.165) is 24.8 Å². The van der Waals surface area contributed by atoms with Gasteiger partial charge in [-0.2, -0.15) is 0 Å². The van der Waals surface area contributed by atoms with Crippen molar-refractivity contribution < 1.29 is 4.42 Å². The fraction of sp³-hybridized carbons (Fsp3) is 0.765. The van der Waals surface area contributed by atoms with Gasteiger partial charge in [0.15, 0.2) is 0 Å². The number of nitrogens with one attached hydrogen (secondary N) is 1. The van der Waals surface area contributed by atoms with Gasteiger partial charge in [-0.25, -0.2) is 0 Å². The minimum atomic E-state index is 0.512. The second-order valence-corrected chi connectivity index (χ2v) is 6.61. The van der Waals surface area contributed by atoms with Gasteiger partial charge in [0.05, 0.1) is 12.8 Å². The summed E-state index contributed by atoms with van der Waals surface area (Å²) in [6.45, 7) is 7.39. The summed E-state index contributed by atoms with van der Waals surface area (Å²) in [6, 6.07) is 2.61. The van der Waals surface area contributed by atoms with Crippen LogP contribution in [0, 0.1) is 5.92 Å². The summed E-state index contributed by atoms with van der Waals surface area (Å²) >= 11 is 0. The van der Waals surface area contributed by atoms with E-state index in [4.69, 9.17) is 4.42 Å². The zero-order valence-electron chi connectivity index (χ0n) is 13.3. The Hall–Kier alpha value is -0.800. The summed E-state index contributed by atoms with van der Waals surface area (Å²) in [5.41, 5.74) is 1.30. The van der Waals surface area contributed by atoms with Crippen LogP contribution in [0.4, 0.5) is 0 Å². The maximum atomic E-state index is 5.68. The van der Waals surface area contributed by atoms with E-state index in [-0.39, 0.29) is 0 Å². The summed E-state index contributed by atoms with van der Waals surface area (Å²) in [7, 11) is 2.22. The molecule has 0 radical (unpaired) electrons. The molecule has 1 N–H and O–H groups in total. The monoisotopic (exact) mass is 278 g/mol. The van der Waals surface area contributed by atoms with Gasteiger partial charge in [-0.15, -0.1) is 0 Å². The molecule has 0 aromatic carbocycles. The molecule has 1 aliphatic rings. The van der Waals surface area contributed by atoms with E-state index in [1.165, 1.54) is 44.2 Å². The van der Waals surface area contributed by atoms with Gasteiger partial charge < -0.3 is 9.73 Å². The van der Waals surface area contributed by atoms with Crippen LogP contribution in [-0.2, 0) is 13.1 Å². The van der Waals surface area contributed by atoms with Crippen LogP contribution in [0.3, 0.4) is 0 Å². The molecule has 1 fully saturated rings. The first kappa shape index (κ1) is 15.6. The molecule has 0 spiro atoms. The fourth-order valence-electron chi connectivity index (χ4n) is 3.10. The molecular weight excluding hydrogens is 248 g/mol. The van der Waals surface area contributed by atoms with Gasteiger partial charge in [0.2, 0.25) is 0 Å². The predicted molar refractivity (Wildman–Crippen MR) is 83.6 cm³/mol. The number of hydrogen-bond acceptors (Lipinski definition) is 3. The molecule has 114 valence electrons. The molecule has 1 aliphatic carbocycles. The lowest BCUT2D eigenvalue weighted by Gasteiger charge is -2.26. The van der Waals surface area contributed by atoms with Crippen molar-refractivity contribution in [3.63, 3.8) is 0 Å². The van der Waals surface area contributed by atoms with Crippen molar-refractivity contribution in [3.8, 4) is 0 Å². The molecule has 1 heterocycles. The number of hydrogen-bond donors (Lipinski definition) is 1. The zero-order valence-corrected chi connectivity index (χ0v) is 13.3. The molecule has 20 heavy (non-hydrogen) atoms. The number of furan rings is 1. The van der Waals surface area contributed by atoms with Crippen LogP contribution in [0.15, 0.2) is 16.7 Å². The van der Waals surface area contributed by atoms with E-state index in [0.29, 0.717) is 6.04 Å². The van der Waals surface area contributed by atoms with Crippen molar-refractivity contribution in [2.75, 3.05) is 13.6 Å². The average molecular weight is 278 g/mol. The standard InChI is InChI=1S/C17H30N2O/c1-14(2)18-11-16-9-10-20-17(16)13-19(3)12-15-7-5-4-6-8-15/h9-10,14-15,18H,4-8,11-13H2,1-3H3. The Labute approximate surface area is 123 Å². The molecule has 0 amide bonds. The molecule has 1 aromatic heterocycles. The van der Waals surface area contributed by atoms with E-state index < -0.39 is 0 Å². The van der Waals surface area contributed by atoms with Crippen molar-refractivity contribution in [2.45, 2.75) is 65.1 Å². The minimum absolute atomic E-state index is 0.512. The fourth-order valence-corrected chi connectivity index (χ4v) is 3.10. The molecule has 1 aromatic rings. The first-order valence-corrected chi connectivity index (χ1v) is 8.12. The van der Waals surface area contributed by atoms with Crippen molar-refractivity contribution in [2.24, 2.45) is 5.92 Å². The Kier molecular flexibility index (Phi) is 6.11. The zero-order chi connectivity index (χ0) is 14.4. The summed E-state index contributed by atoms with van der Waals surface area (Å²) in [5.74, 6) is 2.01. The Morgan fingerprint density at radius 3 is 2.75 bits per heavy atom. The highest BCUT2D eigenvalue weighted by molar-refractivity contribution is 5.16. The highest BCUT2D eigenvalue weighted by atomic mass is 16.3. The topological polar surface area (TPSA) is 28.4 Å². The van der Waals surface area contributed by atoms with Gasteiger partial charge in [0.25, 0.3) is 0 Å². The average Bonchev–Trinajstić information content (AvgIpc) is 2.84. The maximum absolute atomic E-state index is 5.68. The van der Waals surface area contributed by atoms with Gasteiger partial charge in [0, 0.05) is 24.7 Å². The van der Waals surface area contributed by atoms with Gasteiger partial charge >= 0.3 is 0 Å². The number of nitrogens with zero attached hydrogens (tertiary/aromatic N) is 1. The Bertz CT molecular complexity index is 380. The maximum Gasteiger partial charge on any atom is 0.122 e. The quantitative estimate of drug-likeness (QED) is 0.822. The largest absolute Gasteiger partial charge is 0.468 e. The van der Waals surface area contributed by atoms with Gasteiger partial charge in [-0.1, -0.05) is 33.1 Å². The molecule has 0 aliphatic heterocycles. The smallest absolute Gasteiger partial charge is 0.122 e. The van der Waals surface area contributed by atoms with E-state index in [2.05, 4.69) is 37.2 Å². The van der Waals surface area contributed by atoms with E-state index >= 15 is 0 Å². The van der Waals surface area contributed by atoms with Crippen LogP contribution in [0.1, 0.15) is 57.3 Å². The normalized spacial score (nSPS) is 17.2. The Balaban J connectivity index is 1.81. The molecule has 0 bridgehead atoms. The molecule has 2 rings (SSSR count).